The monoisotopic (exact) mass is 365 g/mol. The SMILES string of the molecule is COc1ccccc1CC(=O)N(C)Cc1cc(Br)ccc1F. The summed E-state index contributed by atoms with van der Waals surface area (Å²) in [6.45, 7) is 0.221. The lowest BCUT2D eigenvalue weighted by Crippen LogP contribution is -2.28. The minimum Gasteiger partial charge on any atom is -0.496 e. The van der Waals surface area contributed by atoms with Gasteiger partial charge in [-0.3, -0.25) is 4.79 Å². The largest absolute Gasteiger partial charge is 0.496 e. The normalized spacial score (nSPS) is 10.4. The number of hydrogen-bond donors (Lipinski definition) is 0. The van der Waals surface area contributed by atoms with Gasteiger partial charge in [-0.25, -0.2) is 4.39 Å². The number of hydrogen-bond acceptors (Lipinski definition) is 2. The molecule has 0 saturated heterocycles. The molecule has 22 heavy (non-hydrogen) atoms. The van der Waals surface area contributed by atoms with Crippen LogP contribution >= 0.6 is 15.9 Å². The van der Waals surface area contributed by atoms with Crippen molar-refractivity contribution >= 4 is 21.8 Å². The van der Waals surface area contributed by atoms with Crippen molar-refractivity contribution in [1.82, 2.24) is 4.90 Å². The number of rotatable bonds is 5. The Kier molecular flexibility index (Phi) is 5.55. The summed E-state index contributed by atoms with van der Waals surface area (Å²) in [6.07, 6.45) is 0.218. The molecular formula is C17H17BrFNO2. The van der Waals surface area contributed by atoms with Crippen LogP contribution in [0.1, 0.15) is 11.1 Å². The number of benzene rings is 2. The third kappa shape index (κ3) is 4.07. The highest BCUT2D eigenvalue weighted by Crippen LogP contribution is 2.20. The number of likely N-dealkylation sites (N-methyl/N-ethyl adjacent to an activating group) is 1. The minimum atomic E-state index is -0.319. The van der Waals surface area contributed by atoms with Crippen molar-refractivity contribution in [1.29, 1.82) is 0 Å². The third-order valence-corrected chi connectivity index (χ3v) is 3.87. The summed E-state index contributed by atoms with van der Waals surface area (Å²) in [4.78, 5) is 13.8. The Balaban J connectivity index is 2.07. The third-order valence-electron chi connectivity index (χ3n) is 3.38. The van der Waals surface area contributed by atoms with Gasteiger partial charge in [0, 0.05) is 29.2 Å². The van der Waals surface area contributed by atoms with Gasteiger partial charge in [0.15, 0.2) is 0 Å². The Morgan fingerprint density at radius 3 is 2.68 bits per heavy atom. The molecule has 0 spiro atoms. The number of carbonyl (C=O) groups excluding carboxylic acids is 1. The van der Waals surface area contributed by atoms with Crippen molar-refractivity contribution in [3.05, 3.63) is 63.9 Å². The molecule has 0 bridgehead atoms. The van der Waals surface area contributed by atoms with Crippen molar-refractivity contribution in [2.45, 2.75) is 13.0 Å². The molecule has 0 unspecified atom stereocenters. The smallest absolute Gasteiger partial charge is 0.227 e. The topological polar surface area (TPSA) is 29.5 Å². The molecule has 0 fully saturated rings. The summed E-state index contributed by atoms with van der Waals surface area (Å²) < 4.78 is 19.8. The molecule has 0 atom stereocenters. The maximum atomic E-state index is 13.8. The van der Waals surface area contributed by atoms with E-state index in [0.717, 1.165) is 10.0 Å². The van der Waals surface area contributed by atoms with Crippen molar-refractivity contribution in [3.63, 3.8) is 0 Å². The van der Waals surface area contributed by atoms with E-state index in [4.69, 9.17) is 4.74 Å². The van der Waals surface area contributed by atoms with Crippen LogP contribution in [0.5, 0.6) is 5.75 Å². The summed E-state index contributed by atoms with van der Waals surface area (Å²) in [5.41, 5.74) is 1.29. The standard InChI is InChI=1S/C17H17BrFNO2/c1-20(11-13-9-14(18)7-8-15(13)19)17(21)10-12-5-3-4-6-16(12)22-2/h3-9H,10-11H2,1-2H3. The number of amides is 1. The second kappa shape index (κ2) is 7.40. The molecule has 1 amide bonds. The fraction of sp³-hybridized carbons (Fsp3) is 0.235. The molecule has 0 aromatic heterocycles. The molecule has 0 aliphatic carbocycles. The first-order valence-corrected chi connectivity index (χ1v) is 7.60. The number of methoxy groups -OCH3 is 1. The molecular weight excluding hydrogens is 349 g/mol. The zero-order chi connectivity index (χ0) is 16.1. The van der Waals surface area contributed by atoms with Crippen molar-refractivity contribution in [2.24, 2.45) is 0 Å². The maximum Gasteiger partial charge on any atom is 0.227 e. The average Bonchev–Trinajstić information content (AvgIpc) is 2.51. The Bertz CT molecular complexity index is 675. The van der Waals surface area contributed by atoms with Crippen LogP contribution in [0.15, 0.2) is 46.9 Å². The Morgan fingerprint density at radius 1 is 1.23 bits per heavy atom. The van der Waals surface area contributed by atoms with E-state index in [1.807, 2.05) is 24.3 Å². The predicted octanol–water partition coefficient (Wildman–Crippen LogP) is 3.80. The van der Waals surface area contributed by atoms with Crippen molar-refractivity contribution < 1.29 is 13.9 Å². The van der Waals surface area contributed by atoms with Gasteiger partial charge in [0.1, 0.15) is 11.6 Å². The fourth-order valence-corrected chi connectivity index (χ4v) is 2.56. The second-order valence-electron chi connectivity index (χ2n) is 4.97. The molecule has 0 radical (unpaired) electrons. The van der Waals surface area contributed by atoms with Crippen molar-refractivity contribution in [3.8, 4) is 5.75 Å². The fourth-order valence-electron chi connectivity index (χ4n) is 2.16. The molecule has 3 nitrogen and oxygen atoms in total. The lowest BCUT2D eigenvalue weighted by atomic mass is 10.1. The van der Waals surface area contributed by atoms with Crippen LogP contribution in [-0.2, 0) is 17.8 Å². The van der Waals surface area contributed by atoms with Crippen LogP contribution in [0.4, 0.5) is 4.39 Å². The van der Waals surface area contributed by atoms with Gasteiger partial charge < -0.3 is 9.64 Å². The number of halogens is 2. The number of nitrogens with zero attached hydrogens (tertiary/aromatic N) is 1. The van der Waals surface area contributed by atoms with E-state index in [-0.39, 0.29) is 24.7 Å². The van der Waals surface area contributed by atoms with Gasteiger partial charge in [0.25, 0.3) is 0 Å². The second-order valence-corrected chi connectivity index (χ2v) is 5.89. The van der Waals surface area contributed by atoms with E-state index in [0.29, 0.717) is 11.3 Å². The first kappa shape index (κ1) is 16.5. The predicted molar refractivity (Wildman–Crippen MR) is 87.3 cm³/mol. The highest BCUT2D eigenvalue weighted by Gasteiger charge is 2.14. The molecule has 2 aromatic rings. The van der Waals surface area contributed by atoms with Crippen LogP contribution in [0.3, 0.4) is 0 Å². The number of carbonyl (C=O) groups is 1. The van der Waals surface area contributed by atoms with Gasteiger partial charge in [-0.1, -0.05) is 34.1 Å². The van der Waals surface area contributed by atoms with Gasteiger partial charge in [-0.2, -0.15) is 0 Å². The summed E-state index contributed by atoms with van der Waals surface area (Å²) in [5, 5.41) is 0. The van der Waals surface area contributed by atoms with E-state index in [1.165, 1.54) is 11.0 Å². The zero-order valence-corrected chi connectivity index (χ0v) is 14.1. The van der Waals surface area contributed by atoms with Crippen LogP contribution in [0.2, 0.25) is 0 Å². The summed E-state index contributed by atoms with van der Waals surface area (Å²) in [6, 6.07) is 12.1. The van der Waals surface area contributed by atoms with Gasteiger partial charge in [0.05, 0.1) is 13.5 Å². The summed E-state index contributed by atoms with van der Waals surface area (Å²) >= 11 is 3.31. The summed E-state index contributed by atoms with van der Waals surface area (Å²) in [7, 11) is 3.24. The van der Waals surface area contributed by atoms with Crippen LogP contribution in [0, 0.1) is 5.82 Å². The average molecular weight is 366 g/mol. The number of ether oxygens (including phenoxy) is 1. The summed E-state index contributed by atoms with van der Waals surface area (Å²) in [5.74, 6) is 0.266. The lowest BCUT2D eigenvalue weighted by molar-refractivity contribution is -0.129. The molecule has 5 heteroatoms. The Morgan fingerprint density at radius 2 is 1.95 bits per heavy atom. The zero-order valence-electron chi connectivity index (χ0n) is 12.5. The first-order valence-electron chi connectivity index (χ1n) is 6.81. The van der Waals surface area contributed by atoms with E-state index < -0.39 is 0 Å². The van der Waals surface area contributed by atoms with Crippen molar-refractivity contribution in [2.75, 3.05) is 14.2 Å². The van der Waals surface area contributed by atoms with Crippen LogP contribution in [-0.4, -0.2) is 25.0 Å². The van der Waals surface area contributed by atoms with Crippen LogP contribution in [0.25, 0.3) is 0 Å². The Hall–Kier alpha value is -1.88. The van der Waals surface area contributed by atoms with E-state index in [1.54, 1.807) is 26.3 Å². The highest BCUT2D eigenvalue weighted by molar-refractivity contribution is 9.10. The molecule has 0 aliphatic rings. The molecule has 2 aromatic carbocycles. The number of para-hydroxylation sites is 1. The first-order chi connectivity index (χ1) is 10.5. The van der Waals surface area contributed by atoms with E-state index in [2.05, 4.69) is 15.9 Å². The van der Waals surface area contributed by atoms with E-state index in [9.17, 15) is 9.18 Å². The van der Waals surface area contributed by atoms with Gasteiger partial charge >= 0.3 is 0 Å². The Labute approximate surface area is 137 Å². The van der Waals surface area contributed by atoms with Crippen LogP contribution < -0.4 is 4.74 Å². The van der Waals surface area contributed by atoms with Gasteiger partial charge in [0.2, 0.25) is 5.91 Å². The molecule has 2 rings (SSSR count). The molecule has 116 valence electrons. The van der Waals surface area contributed by atoms with E-state index >= 15 is 0 Å². The van der Waals surface area contributed by atoms with Gasteiger partial charge in [-0.05, 0) is 24.3 Å². The maximum absolute atomic E-state index is 13.8. The lowest BCUT2D eigenvalue weighted by Gasteiger charge is -2.18. The molecule has 0 aliphatic heterocycles. The molecule has 0 saturated carbocycles. The highest BCUT2D eigenvalue weighted by atomic mass is 79.9. The van der Waals surface area contributed by atoms with Gasteiger partial charge in [-0.15, -0.1) is 0 Å². The molecule has 0 N–H and O–H groups in total. The minimum absolute atomic E-state index is 0.0936. The quantitative estimate of drug-likeness (QED) is 0.806. The molecule has 0 heterocycles.